The zero-order valence-electron chi connectivity index (χ0n) is 9.83. The molecule has 1 rings (SSSR count). The lowest BCUT2D eigenvalue weighted by Gasteiger charge is -2.28. The number of ether oxygens (including phenoxy) is 1. The summed E-state index contributed by atoms with van der Waals surface area (Å²) in [6.45, 7) is 4.43. The quantitative estimate of drug-likeness (QED) is 0.672. The van der Waals surface area contributed by atoms with E-state index in [-0.39, 0.29) is 16.8 Å². The van der Waals surface area contributed by atoms with Crippen LogP contribution in [-0.4, -0.2) is 29.2 Å². The lowest BCUT2D eigenvalue weighted by atomic mass is 9.99. The summed E-state index contributed by atoms with van der Waals surface area (Å²) in [4.78, 5) is 17.9. The van der Waals surface area contributed by atoms with Crippen molar-refractivity contribution in [2.75, 3.05) is 19.0 Å². The molecule has 0 aliphatic heterocycles. The normalized spacial score (nSPS) is 14.2. The van der Waals surface area contributed by atoms with Gasteiger partial charge in [-0.15, -0.1) is 0 Å². The molecule has 1 unspecified atom stereocenters. The van der Waals surface area contributed by atoms with Crippen molar-refractivity contribution in [3.63, 3.8) is 0 Å². The fraction of sp³-hybridized carbons (Fsp3) is 0.600. The lowest BCUT2D eigenvalue weighted by molar-refractivity contribution is 0.404. The second-order valence-electron chi connectivity index (χ2n) is 3.86. The van der Waals surface area contributed by atoms with Gasteiger partial charge in [-0.2, -0.15) is 0 Å². The molecule has 90 valence electrons. The summed E-state index contributed by atoms with van der Waals surface area (Å²) in [5, 5.41) is 3.13. The Hall–Kier alpha value is -1.56. The molecule has 0 aliphatic carbocycles. The lowest BCUT2D eigenvalue weighted by Crippen LogP contribution is -2.42. The zero-order valence-corrected chi connectivity index (χ0v) is 9.83. The van der Waals surface area contributed by atoms with E-state index in [9.17, 15) is 4.79 Å². The van der Waals surface area contributed by atoms with E-state index in [1.54, 1.807) is 0 Å². The largest absolute Gasteiger partial charge is 0.489 e. The van der Waals surface area contributed by atoms with Crippen molar-refractivity contribution in [2.24, 2.45) is 5.73 Å². The molecule has 6 heteroatoms. The number of H-pyrrole nitrogens is 1. The molecule has 0 saturated carbocycles. The number of methoxy groups -OCH3 is 1. The Labute approximate surface area is 94.2 Å². The average Bonchev–Trinajstić information content (AvgIpc) is 2.29. The number of aromatic amines is 1. The predicted octanol–water partition coefficient (Wildman–Crippen LogP) is 0.318. The minimum Gasteiger partial charge on any atom is -0.489 e. The van der Waals surface area contributed by atoms with Gasteiger partial charge in [0, 0.05) is 12.1 Å². The SMILES string of the molecule is CCC(C)(CN)Nc1nc[nH]c(=O)c1OC. The van der Waals surface area contributed by atoms with Crippen molar-refractivity contribution in [3.05, 3.63) is 16.7 Å². The van der Waals surface area contributed by atoms with Gasteiger partial charge in [-0.3, -0.25) is 4.79 Å². The van der Waals surface area contributed by atoms with Crippen LogP contribution in [0.2, 0.25) is 0 Å². The topological polar surface area (TPSA) is 93.0 Å². The number of nitrogens with two attached hydrogens (primary N) is 1. The number of rotatable bonds is 5. The summed E-state index contributed by atoms with van der Waals surface area (Å²) in [6.07, 6.45) is 2.15. The Kier molecular flexibility index (Phi) is 3.89. The highest BCUT2D eigenvalue weighted by Gasteiger charge is 2.22. The van der Waals surface area contributed by atoms with Gasteiger partial charge < -0.3 is 20.8 Å². The van der Waals surface area contributed by atoms with E-state index in [0.717, 1.165) is 6.42 Å². The molecule has 0 saturated heterocycles. The van der Waals surface area contributed by atoms with Gasteiger partial charge in [0.15, 0.2) is 5.82 Å². The van der Waals surface area contributed by atoms with Crippen molar-refractivity contribution in [1.29, 1.82) is 0 Å². The number of nitrogens with zero attached hydrogens (tertiary/aromatic N) is 1. The Bertz CT molecular complexity index is 398. The molecule has 6 nitrogen and oxygen atoms in total. The monoisotopic (exact) mass is 226 g/mol. The van der Waals surface area contributed by atoms with Crippen LogP contribution in [-0.2, 0) is 0 Å². The van der Waals surface area contributed by atoms with Gasteiger partial charge in [-0.25, -0.2) is 4.98 Å². The van der Waals surface area contributed by atoms with Crippen LogP contribution in [0.15, 0.2) is 11.1 Å². The van der Waals surface area contributed by atoms with E-state index >= 15 is 0 Å². The third-order valence-corrected chi connectivity index (χ3v) is 2.67. The number of hydrogen-bond donors (Lipinski definition) is 3. The smallest absolute Gasteiger partial charge is 0.295 e. The van der Waals surface area contributed by atoms with Gasteiger partial charge in [-0.1, -0.05) is 6.92 Å². The maximum absolute atomic E-state index is 11.4. The van der Waals surface area contributed by atoms with Crippen LogP contribution < -0.4 is 21.3 Å². The second kappa shape index (κ2) is 4.98. The molecule has 0 bridgehead atoms. The highest BCUT2D eigenvalue weighted by molar-refractivity contribution is 5.49. The van der Waals surface area contributed by atoms with Gasteiger partial charge in [-0.05, 0) is 13.3 Å². The van der Waals surface area contributed by atoms with Gasteiger partial charge >= 0.3 is 0 Å². The first-order valence-electron chi connectivity index (χ1n) is 5.16. The summed E-state index contributed by atoms with van der Waals surface area (Å²) >= 11 is 0. The summed E-state index contributed by atoms with van der Waals surface area (Å²) in [5.41, 5.74) is 5.07. The Morgan fingerprint density at radius 2 is 2.38 bits per heavy atom. The molecule has 1 heterocycles. The molecule has 0 aliphatic rings. The van der Waals surface area contributed by atoms with Crippen LogP contribution in [0.4, 0.5) is 5.82 Å². The fourth-order valence-electron chi connectivity index (χ4n) is 1.24. The number of hydrogen-bond acceptors (Lipinski definition) is 5. The number of nitrogens with one attached hydrogen (secondary N) is 2. The van der Waals surface area contributed by atoms with Crippen molar-refractivity contribution in [3.8, 4) is 5.75 Å². The summed E-state index contributed by atoms with van der Waals surface area (Å²) in [5.74, 6) is 0.594. The molecular weight excluding hydrogens is 208 g/mol. The van der Waals surface area contributed by atoms with E-state index in [0.29, 0.717) is 12.4 Å². The maximum Gasteiger partial charge on any atom is 0.295 e. The van der Waals surface area contributed by atoms with Crippen LogP contribution in [0.25, 0.3) is 0 Å². The first-order chi connectivity index (χ1) is 7.56. The minimum atomic E-state index is -0.310. The highest BCUT2D eigenvalue weighted by atomic mass is 16.5. The molecular formula is C10H18N4O2. The molecule has 0 aromatic carbocycles. The van der Waals surface area contributed by atoms with Gasteiger partial charge in [0.1, 0.15) is 0 Å². The van der Waals surface area contributed by atoms with Crippen molar-refractivity contribution in [2.45, 2.75) is 25.8 Å². The van der Waals surface area contributed by atoms with Crippen LogP contribution in [0, 0.1) is 0 Å². The van der Waals surface area contributed by atoms with Crippen molar-refractivity contribution in [1.82, 2.24) is 9.97 Å². The van der Waals surface area contributed by atoms with Crippen LogP contribution >= 0.6 is 0 Å². The molecule has 0 spiro atoms. The summed E-state index contributed by atoms with van der Waals surface area (Å²) in [6, 6.07) is 0. The fourth-order valence-corrected chi connectivity index (χ4v) is 1.24. The molecule has 0 fully saturated rings. The van der Waals surface area contributed by atoms with E-state index in [1.807, 2.05) is 13.8 Å². The standard InChI is InChI=1S/C10H18N4O2/c1-4-10(2,5-11)14-8-7(16-3)9(15)13-6-12-8/h6H,4-5,11H2,1-3H3,(H2,12,13,14,15). The highest BCUT2D eigenvalue weighted by Crippen LogP contribution is 2.21. The van der Waals surface area contributed by atoms with Crippen molar-refractivity contribution < 1.29 is 4.74 Å². The maximum atomic E-state index is 11.4. The summed E-state index contributed by atoms with van der Waals surface area (Å²) in [7, 11) is 1.43. The van der Waals surface area contributed by atoms with Crippen LogP contribution in [0.1, 0.15) is 20.3 Å². The molecule has 0 radical (unpaired) electrons. The third kappa shape index (κ3) is 2.52. The molecule has 4 N–H and O–H groups in total. The Balaban J connectivity index is 3.05. The van der Waals surface area contributed by atoms with E-state index < -0.39 is 0 Å². The van der Waals surface area contributed by atoms with E-state index in [2.05, 4.69) is 15.3 Å². The average molecular weight is 226 g/mol. The Morgan fingerprint density at radius 3 is 2.88 bits per heavy atom. The predicted molar refractivity (Wildman–Crippen MR) is 62.8 cm³/mol. The van der Waals surface area contributed by atoms with E-state index in [4.69, 9.17) is 10.5 Å². The van der Waals surface area contributed by atoms with Crippen LogP contribution in [0.3, 0.4) is 0 Å². The van der Waals surface area contributed by atoms with Gasteiger partial charge in [0.25, 0.3) is 5.56 Å². The van der Waals surface area contributed by atoms with Crippen molar-refractivity contribution >= 4 is 5.82 Å². The minimum absolute atomic E-state index is 0.177. The molecule has 1 aromatic heterocycles. The second-order valence-corrected chi connectivity index (χ2v) is 3.86. The first-order valence-corrected chi connectivity index (χ1v) is 5.16. The first kappa shape index (κ1) is 12.5. The van der Waals surface area contributed by atoms with E-state index in [1.165, 1.54) is 13.4 Å². The summed E-state index contributed by atoms with van der Waals surface area (Å²) < 4.78 is 5.00. The molecule has 1 atom stereocenters. The zero-order chi connectivity index (χ0) is 12.2. The van der Waals surface area contributed by atoms with Gasteiger partial charge in [0.05, 0.1) is 13.4 Å². The molecule has 1 aromatic rings. The Morgan fingerprint density at radius 1 is 1.69 bits per heavy atom. The molecule has 0 amide bonds. The number of aromatic nitrogens is 2. The van der Waals surface area contributed by atoms with Crippen LogP contribution in [0.5, 0.6) is 5.75 Å². The van der Waals surface area contributed by atoms with Gasteiger partial charge in [0.2, 0.25) is 5.75 Å². The molecule has 16 heavy (non-hydrogen) atoms. The number of anilines is 1. The third-order valence-electron chi connectivity index (χ3n) is 2.67.